The molecule has 10 heteroatoms. The number of aromatic nitrogens is 2. The first-order chi connectivity index (χ1) is 13.5. The first-order valence-corrected chi connectivity index (χ1v) is 9.51. The number of likely N-dealkylation sites (tertiary alicyclic amines) is 1. The monoisotopic (exact) mass is 533 g/mol. The Morgan fingerprint density at radius 2 is 2.24 bits per heavy atom. The highest BCUT2D eigenvalue weighted by atomic mass is 127. The van der Waals surface area contributed by atoms with Gasteiger partial charge >= 0.3 is 5.97 Å². The molecule has 0 bridgehead atoms. The van der Waals surface area contributed by atoms with E-state index in [9.17, 15) is 4.79 Å². The van der Waals surface area contributed by atoms with Gasteiger partial charge in [0.1, 0.15) is 0 Å². The van der Waals surface area contributed by atoms with Crippen LogP contribution in [0.1, 0.15) is 12.8 Å². The number of guanidine groups is 1. The molecule has 2 heterocycles. The Balaban J connectivity index is 0.00000300. The molecule has 3 rings (SSSR count). The predicted molar refractivity (Wildman–Crippen MR) is 121 cm³/mol. The smallest absolute Gasteiger partial charge is 0.310 e. The number of carbonyl (C=O) groups is 1. The van der Waals surface area contributed by atoms with Crippen LogP contribution in [0.5, 0.6) is 0 Å². The topological polar surface area (TPSA) is 92.9 Å². The van der Waals surface area contributed by atoms with Gasteiger partial charge in [0.15, 0.2) is 5.96 Å². The van der Waals surface area contributed by atoms with Gasteiger partial charge in [-0.25, -0.2) is 0 Å². The van der Waals surface area contributed by atoms with Gasteiger partial charge < -0.3 is 19.5 Å². The van der Waals surface area contributed by atoms with Crippen LogP contribution < -0.4 is 5.32 Å². The summed E-state index contributed by atoms with van der Waals surface area (Å²) in [6.07, 6.45) is 0.552. The maximum Gasteiger partial charge on any atom is 0.310 e. The summed E-state index contributed by atoms with van der Waals surface area (Å²) in [6.45, 7) is 3.97. The number of aliphatic imine (C=N–C) groups is 1. The molecule has 2 unspecified atom stereocenters. The number of nitrogens with zero attached hydrogens (tertiary/aromatic N) is 4. The van der Waals surface area contributed by atoms with Crippen molar-refractivity contribution in [2.45, 2.75) is 13.3 Å². The van der Waals surface area contributed by atoms with Crippen LogP contribution in [-0.2, 0) is 16.0 Å². The lowest BCUT2D eigenvalue weighted by Gasteiger charge is -2.21. The van der Waals surface area contributed by atoms with Crippen molar-refractivity contribution < 1.29 is 14.1 Å². The highest BCUT2D eigenvalue weighted by Gasteiger charge is 2.36. The summed E-state index contributed by atoms with van der Waals surface area (Å²) in [5.74, 6) is 1.68. The number of rotatable bonds is 5. The lowest BCUT2D eigenvalue weighted by molar-refractivity contribution is -0.145. The standard InChI is InChI=1S/C19H24ClN5O3.HI/c1-12-10-25(11-15(12)18(26)27-3)19(21-2)22-8-7-16-23-17(24-28-16)13-5-4-6-14(20)9-13;/h4-6,9,12,15H,7-8,10-11H2,1-3H3,(H,21,22);1H. The Morgan fingerprint density at radius 1 is 1.45 bits per heavy atom. The van der Waals surface area contributed by atoms with E-state index in [1.165, 1.54) is 7.11 Å². The number of hydrogen-bond acceptors (Lipinski definition) is 6. The molecule has 29 heavy (non-hydrogen) atoms. The highest BCUT2D eigenvalue weighted by molar-refractivity contribution is 14.0. The highest BCUT2D eigenvalue weighted by Crippen LogP contribution is 2.24. The summed E-state index contributed by atoms with van der Waals surface area (Å²) in [5, 5.41) is 7.92. The van der Waals surface area contributed by atoms with Crippen LogP contribution in [-0.4, -0.2) is 60.8 Å². The summed E-state index contributed by atoms with van der Waals surface area (Å²) < 4.78 is 10.2. The van der Waals surface area contributed by atoms with Crippen LogP contribution in [0.15, 0.2) is 33.8 Å². The number of halogens is 2. The first-order valence-electron chi connectivity index (χ1n) is 9.13. The van der Waals surface area contributed by atoms with E-state index in [2.05, 4.69) is 25.3 Å². The molecule has 0 spiro atoms. The SMILES string of the molecule is CN=C(NCCc1nc(-c2cccc(Cl)c2)no1)N1CC(C)C(C(=O)OC)C1.I. The van der Waals surface area contributed by atoms with Gasteiger partial charge in [0.2, 0.25) is 11.7 Å². The molecule has 0 radical (unpaired) electrons. The number of ether oxygens (including phenoxy) is 1. The van der Waals surface area contributed by atoms with E-state index >= 15 is 0 Å². The van der Waals surface area contributed by atoms with Crippen molar-refractivity contribution in [3.05, 3.63) is 35.2 Å². The second-order valence-corrected chi connectivity index (χ2v) is 7.19. The van der Waals surface area contributed by atoms with Gasteiger partial charge in [0.25, 0.3) is 0 Å². The summed E-state index contributed by atoms with van der Waals surface area (Å²) in [4.78, 5) is 22.7. The maximum absolute atomic E-state index is 11.9. The molecule has 8 nitrogen and oxygen atoms in total. The Hall–Kier alpha value is -1.88. The second kappa shape index (κ2) is 10.8. The summed E-state index contributed by atoms with van der Waals surface area (Å²) >= 11 is 6.00. The third-order valence-electron chi connectivity index (χ3n) is 4.80. The molecular weight excluding hydrogens is 509 g/mol. The van der Waals surface area contributed by atoms with Crippen molar-refractivity contribution in [3.8, 4) is 11.4 Å². The fourth-order valence-electron chi connectivity index (χ4n) is 3.31. The molecule has 1 fully saturated rings. The average Bonchev–Trinajstić information content (AvgIpc) is 3.31. The number of methoxy groups -OCH3 is 1. The number of carbonyl (C=O) groups excluding carboxylic acids is 1. The van der Waals surface area contributed by atoms with Crippen molar-refractivity contribution >= 4 is 47.5 Å². The first kappa shape index (κ1) is 23.4. The average molecular weight is 534 g/mol. The Morgan fingerprint density at radius 3 is 2.93 bits per heavy atom. The van der Waals surface area contributed by atoms with Gasteiger partial charge in [-0.15, -0.1) is 24.0 Å². The molecule has 158 valence electrons. The van der Waals surface area contributed by atoms with E-state index in [-0.39, 0.29) is 41.8 Å². The Labute approximate surface area is 192 Å². The largest absolute Gasteiger partial charge is 0.469 e. The van der Waals surface area contributed by atoms with Gasteiger partial charge in [-0.2, -0.15) is 4.98 Å². The summed E-state index contributed by atoms with van der Waals surface area (Å²) in [5.41, 5.74) is 0.811. The number of benzene rings is 1. The fraction of sp³-hybridized carbons (Fsp3) is 0.474. The zero-order chi connectivity index (χ0) is 20.1. The Bertz CT molecular complexity index is 860. The van der Waals surface area contributed by atoms with Crippen LogP contribution in [0.2, 0.25) is 5.02 Å². The van der Waals surface area contributed by atoms with Crippen LogP contribution in [0.4, 0.5) is 0 Å². The van der Waals surface area contributed by atoms with Crippen LogP contribution >= 0.6 is 35.6 Å². The molecule has 1 saturated heterocycles. The fourth-order valence-corrected chi connectivity index (χ4v) is 3.50. The molecule has 0 saturated carbocycles. The van der Waals surface area contributed by atoms with Gasteiger partial charge in [-0.1, -0.05) is 35.8 Å². The van der Waals surface area contributed by atoms with Crippen LogP contribution in [0.25, 0.3) is 11.4 Å². The molecule has 2 atom stereocenters. The quantitative estimate of drug-likeness (QED) is 0.273. The second-order valence-electron chi connectivity index (χ2n) is 6.76. The van der Waals surface area contributed by atoms with E-state index in [1.54, 1.807) is 19.2 Å². The molecule has 1 N–H and O–H groups in total. The van der Waals surface area contributed by atoms with Crippen molar-refractivity contribution in [1.82, 2.24) is 20.4 Å². The molecule has 1 aromatic heterocycles. The van der Waals surface area contributed by atoms with E-state index < -0.39 is 0 Å². The van der Waals surface area contributed by atoms with E-state index in [0.29, 0.717) is 36.2 Å². The summed E-state index contributed by atoms with van der Waals surface area (Å²) in [7, 11) is 3.15. The van der Waals surface area contributed by atoms with E-state index in [1.807, 2.05) is 19.1 Å². The lowest BCUT2D eigenvalue weighted by Crippen LogP contribution is -2.41. The molecule has 1 aromatic carbocycles. The van der Waals surface area contributed by atoms with Crippen molar-refractivity contribution in [3.63, 3.8) is 0 Å². The van der Waals surface area contributed by atoms with Crippen molar-refractivity contribution in [1.29, 1.82) is 0 Å². The van der Waals surface area contributed by atoms with Crippen molar-refractivity contribution in [2.24, 2.45) is 16.8 Å². The normalized spacial score (nSPS) is 19.0. The van der Waals surface area contributed by atoms with Gasteiger partial charge in [-0.3, -0.25) is 9.79 Å². The molecule has 2 aromatic rings. The minimum atomic E-state index is -0.176. The maximum atomic E-state index is 11.9. The van der Waals surface area contributed by atoms with Crippen LogP contribution in [0, 0.1) is 11.8 Å². The Kier molecular flexibility index (Phi) is 8.69. The van der Waals surface area contributed by atoms with Gasteiger partial charge in [0.05, 0.1) is 13.0 Å². The predicted octanol–water partition coefficient (Wildman–Crippen LogP) is 2.87. The molecular formula is C19H25ClIN5O3. The zero-order valence-corrected chi connectivity index (χ0v) is 19.7. The molecule has 1 aliphatic rings. The van der Waals surface area contributed by atoms with E-state index in [0.717, 1.165) is 18.1 Å². The minimum absolute atomic E-state index is 0. The number of nitrogens with one attached hydrogen (secondary N) is 1. The molecule has 0 amide bonds. The van der Waals surface area contributed by atoms with Crippen molar-refractivity contribution in [2.75, 3.05) is 33.8 Å². The number of hydrogen-bond donors (Lipinski definition) is 1. The summed E-state index contributed by atoms with van der Waals surface area (Å²) in [6, 6.07) is 7.32. The third-order valence-corrected chi connectivity index (χ3v) is 5.04. The van der Waals surface area contributed by atoms with Crippen LogP contribution in [0.3, 0.4) is 0 Å². The lowest BCUT2D eigenvalue weighted by atomic mass is 9.99. The molecule has 1 aliphatic heterocycles. The van der Waals surface area contributed by atoms with Gasteiger partial charge in [-0.05, 0) is 18.1 Å². The molecule has 0 aliphatic carbocycles. The third kappa shape index (κ3) is 5.81. The number of esters is 1. The minimum Gasteiger partial charge on any atom is -0.469 e. The van der Waals surface area contributed by atoms with E-state index in [4.69, 9.17) is 20.9 Å². The zero-order valence-electron chi connectivity index (χ0n) is 16.6. The van der Waals surface area contributed by atoms with Gasteiger partial charge in [0, 0.05) is 43.7 Å².